The van der Waals surface area contributed by atoms with Crippen molar-refractivity contribution < 1.29 is 4.79 Å². The number of hydrogen-bond acceptors (Lipinski definition) is 2. The summed E-state index contributed by atoms with van der Waals surface area (Å²) in [6, 6.07) is 22.6. The van der Waals surface area contributed by atoms with E-state index in [2.05, 4.69) is 10.5 Å². The maximum Gasteiger partial charge on any atom is 0.271 e. The molecule has 0 fully saturated rings. The molecule has 1 N–H and O–H groups in total. The van der Waals surface area contributed by atoms with Crippen LogP contribution in [0.3, 0.4) is 0 Å². The van der Waals surface area contributed by atoms with Gasteiger partial charge in [-0.05, 0) is 41.8 Å². The summed E-state index contributed by atoms with van der Waals surface area (Å²) < 4.78 is 0. The molecule has 3 aromatic carbocycles. The van der Waals surface area contributed by atoms with Crippen LogP contribution in [-0.2, 0) is 0 Å². The van der Waals surface area contributed by atoms with Gasteiger partial charge in [0, 0.05) is 16.1 Å². The van der Waals surface area contributed by atoms with Gasteiger partial charge in [0.25, 0.3) is 5.91 Å². The summed E-state index contributed by atoms with van der Waals surface area (Å²) >= 11 is 12.2. The maximum absolute atomic E-state index is 12.4. The summed E-state index contributed by atoms with van der Waals surface area (Å²) in [7, 11) is 0. The van der Waals surface area contributed by atoms with Gasteiger partial charge in [-0.3, -0.25) is 4.79 Å². The van der Waals surface area contributed by atoms with Gasteiger partial charge in [-0.2, -0.15) is 5.10 Å². The van der Waals surface area contributed by atoms with Crippen LogP contribution in [0.25, 0.3) is 11.1 Å². The molecule has 3 nitrogen and oxygen atoms in total. The highest BCUT2D eigenvalue weighted by atomic mass is 35.5. The molecule has 0 aliphatic carbocycles. The quantitative estimate of drug-likeness (QED) is 0.404. The molecule has 0 aromatic heterocycles. The van der Waals surface area contributed by atoms with E-state index >= 15 is 0 Å². The Morgan fingerprint density at radius 1 is 0.926 bits per heavy atom. The van der Waals surface area contributed by atoms with Crippen molar-refractivity contribution in [2.24, 2.45) is 5.10 Å². The van der Waals surface area contributed by atoms with Crippen LogP contribution in [0.15, 0.2) is 77.9 Å². The Kier molecular flexibility index (Phi) is 6.28. The molecule has 0 radical (unpaired) electrons. The molecule has 0 saturated carbocycles. The summed E-state index contributed by atoms with van der Waals surface area (Å²) in [6.45, 7) is 1.95. The van der Waals surface area contributed by atoms with Gasteiger partial charge in [0.05, 0.1) is 10.7 Å². The smallest absolute Gasteiger partial charge is 0.267 e. The number of benzene rings is 3. The number of amides is 1. The molecule has 0 aliphatic heterocycles. The van der Waals surface area contributed by atoms with Crippen LogP contribution in [0, 0.1) is 0 Å². The molecule has 0 spiro atoms. The van der Waals surface area contributed by atoms with E-state index in [0.29, 0.717) is 27.7 Å². The summed E-state index contributed by atoms with van der Waals surface area (Å²) in [4.78, 5) is 12.4. The molecule has 0 unspecified atom stereocenters. The Labute approximate surface area is 168 Å². The van der Waals surface area contributed by atoms with Gasteiger partial charge < -0.3 is 0 Å². The fraction of sp³-hybridized carbons (Fsp3) is 0.0909. The average molecular weight is 397 g/mol. The zero-order valence-electron chi connectivity index (χ0n) is 14.7. The average Bonchev–Trinajstić information content (AvgIpc) is 2.70. The first kappa shape index (κ1) is 19.2. The molecule has 0 bridgehead atoms. The van der Waals surface area contributed by atoms with E-state index in [-0.39, 0.29) is 5.91 Å². The lowest BCUT2D eigenvalue weighted by molar-refractivity contribution is 0.0955. The van der Waals surface area contributed by atoms with E-state index in [1.807, 2.05) is 49.4 Å². The van der Waals surface area contributed by atoms with E-state index in [9.17, 15) is 4.79 Å². The molecule has 0 atom stereocenters. The van der Waals surface area contributed by atoms with Crippen molar-refractivity contribution in [3.05, 3.63) is 94.0 Å². The van der Waals surface area contributed by atoms with Gasteiger partial charge >= 0.3 is 0 Å². The molecular weight excluding hydrogens is 379 g/mol. The zero-order valence-corrected chi connectivity index (χ0v) is 16.3. The highest BCUT2D eigenvalue weighted by Crippen LogP contribution is 2.23. The number of halogens is 2. The van der Waals surface area contributed by atoms with Crippen LogP contribution in [0.5, 0.6) is 0 Å². The Morgan fingerprint density at radius 3 is 2.22 bits per heavy atom. The largest absolute Gasteiger partial charge is 0.271 e. The highest BCUT2D eigenvalue weighted by Gasteiger charge is 2.10. The van der Waals surface area contributed by atoms with Crippen molar-refractivity contribution in [2.75, 3.05) is 0 Å². The fourth-order valence-electron chi connectivity index (χ4n) is 2.68. The van der Waals surface area contributed by atoms with Crippen LogP contribution in [0.1, 0.15) is 29.3 Å². The Hall–Kier alpha value is -2.62. The van der Waals surface area contributed by atoms with Crippen LogP contribution < -0.4 is 5.43 Å². The van der Waals surface area contributed by atoms with Crippen molar-refractivity contribution in [1.29, 1.82) is 0 Å². The predicted octanol–water partition coefficient (Wildman–Crippen LogP) is 6.20. The zero-order chi connectivity index (χ0) is 19.2. The summed E-state index contributed by atoms with van der Waals surface area (Å²) in [5, 5.41) is 5.31. The lowest BCUT2D eigenvalue weighted by atomic mass is 10.0. The maximum atomic E-state index is 12.4. The van der Waals surface area contributed by atoms with Gasteiger partial charge in [0.1, 0.15) is 0 Å². The number of carbonyl (C=O) groups is 1. The minimum atomic E-state index is -0.273. The van der Waals surface area contributed by atoms with Gasteiger partial charge in [-0.25, -0.2) is 5.43 Å². The second-order valence-corrected chi connectivity index (χ2v) is 6.76. The van der Waals surface area contributed by atoms with Gasteiger partial charge in [-0.15, -0.1) is 0 Å². The van der Waals surface area contributed by atoms with E-state index in [1.54, 1.807) is 30.3 Å². The SMILES string of the molecule is CC/C(=N\NC(=O)c1ccc(-c2ccccc2)cc1)c1ccc(Cl)cc1Cl. The lowest BCUT2D eigenvalue weighted by Gasteiger charge is -2.08. The number of hydrazone groups is 1. The summed E-state index contributed by atoms with van der Waals surface area (Å²) in [6.07, 6.45) is 0.620. The van der Waals surface area contributed by atoms with Crippen molar-refractivity contribution in [3.63, 3.8) is 0 Å². The predicted molar refractivity (Wildman–Crippen MR) is 113 cm³/mol. The summed E-state index contributed by atoms with van der Waals surface area (Å²) in [5.74, 6) is -0.273. The van der Waals surface area contributed by atoms with Crippen molar-refractivity contribution in [3.8, 4) is 11.1 Å². The van der Waals surface area contributed by atoms with Crippen molar-refractivity contribution in [2.45, 2.75) is 13.3 Å². The Balaban J connectivity index is 1.75. The molecule has 3 aromatic rings. The topological polar surface area (TPSA) is 41.5 Å². The van der Waals surface area contributed by atoms with E-state index in [0.717, 1.165) is 16.7 Å². The third kappa shape index (κ3) is 4.76. The minimum Gasteiger partial charge on any atom is -0.267 e. The molecule has 136 valence electrons. The van der Waals surface area contributed by atoms with Crippen molar-refractivity contribution in [1.82, 2.24) is 5.43 Å². The van der Waals surface area contributed by atoms with Crippen LogP contribution in [0.2, 0.25) is 10.0 Å². The number of nitrogens with one attached hydrogen (secondary N) is 1. The first-order valence-electron chi connectivity index (χ1n) is 8.56. The second-order valence-electron chi connectivity index (χ2n) is 5.92. The normalized spacial score (nSPS) is 11.3. The number of rotatable bonds is 5. The number of hydrogen-bond donors (Lipinski definition) is 1. The standard InChI is InChI=1S/C22H18Cl2N2O/c1-2-21(19-13-12-18(23)14-20(19)24)25-26-22(27)17-10-8-16(9-11-17)15-6-4-3-5-7-15/h3-14H,2H2,1H3,(H,26,27)/b25-21+. The van der Waals surface area contributed by atoms with Crippen LogP contribution >= 0.6 is 23.2 Å². The van der Waals surface area contributed by atoms with E-state index in [1.165, 1.54) is 0 Å². The first-order chi connectivity index (χ1) is 13.1. The monoisotopic (exact) mass is 396 g/mol. The molecular formula is C22H18Cl2N2O. The van der Waals surface area contributed by atoms with E-state index < -0.39 is 0 Å². The van der Waals surface area contributed by atoms with Crippen LogP contribution in [-0.4, -0.2) is 11.6 Å². The Morgan fingerprint density at radius 2 is 1.59 bits per heavy atom. The third-order valence-corrected chi connectivity index (χ3v) is 4.67. The first-order valence-corrected chi connectivity index (χ1v) is 9.32. The molecule has 0 saturated heterocycles. The van der Waals surface area contributed by atoms with Gasteiger partial charge in [0.2, 0.25) is 0 Å². The molecule has 1 amide bonds. The fourth-order valence-corrected chi connectivity index (χ4v) is 3.20. The second kappa shape index (κ2) is 8.85. The number of nitrogens with zero attached hydrogens (tertiary/aromatic N) is 1. The minimum absolute atomic E-state index is 0.273. The number of carbonyl (C=O) groups excluding carboxylic acids is 1. The van der Waals surface area contributed by atoms with Crippen LogP contribution in [0.4, 0.5) is 0 Å². The van der Waals surface area contributed by atoms with Gasteiger partial charge in [0.15, 0.2) is 0 Å². The molecule has 27 heavy (non-hydrogen) atoms. The molecule has 3 rings (SSSR count). The lowest BCUT2D eigenvalue weighted by Crippen LogP contribution is -2.20. The molecule has 5 heteroatoms. The van der Waals surface area contributed by atoms with Gasteiger partial charge in [-0.1, -0.05) is 78.7 Å². The molecule has 0 aliphatic rings. The van der Waals surface area contributed by atoms with Crippen molar-refractivity contribution >= 4 is 34.8 Å². The van der Waals surface area contributed by atoms with E-state index in [4.69, 9.17) is 23.2 Å². The third-order valence-electron chi connectivity index (χ3n) is 4.12. The highest BCUT2D eigenvalue weighted by molar-refractivity contribution is 6.37. The molecule has 0 heterocycles. The Bertz CT molecular complexity index is 967. The summed E-state index contributed by atoms with van der Waals surface area (Å²) in [5.41, 5.74) is 6.74.